The van der Waals surface area contributed by atoms with Crippen molar-refractivity contribution in [1.29, 1.82) is 0 Å². The number of rotatable bonds is 4. The summed E-state index contributed by atoms with van der Waals surface area (Å²) in [6, 6.07) is 5.12. The van der Waals surface area contributed by atoms with Crippen LogP contribution >= 0.6 is 0 Å². The molecule has 184 valence electrons. The molecule has 3 heterocycles. The number of amides is 3. The number of aryl methyl sites for hydroxylation is 1. The van der Waals surface area contributed by atoms with Crippen LogP contribution in [0.15, 0.2) is 23.0 Å². The quantitative estimate of drug-likeness (QED) is 0.658. The number of piperidine rings is 2. The number of para-hydroxylation sites is 1. The van der Waals surface area contributed by atoms with E-state index in [1.165, 1.54) is 4.57 Å². The highest BCUT2D eigenvalue weighted by molar-refractivity contribution is 6.00. The number of likely N-dealkylation sites (tertiary alicyclic amines) is 1. The Morgan fingerprint density at radius 2 is 1.85 bits per heavy atom. The van der Waals surface area contributed by atoms with E-state index in [0.29, 0.717) is 18.5 Å². The second-order valence-corrected chi connectivity index (χ2v) is 10.2. The van der Waals surface area contributed by atoms with Gasteiger partial charge < -0.3 is 10.1 Å². The fraction of sp³-hybridized carbons (Fsp3) is 0.583. The normalized spacial score (nSPS) is 20.4. The van der Waals surface area contributed by atoms with E-state index in [4.69, 9.17) is 4.74 Å². The number of carbonyl (C=O) groups is 3. The average molecular weight is 472 g/mol. The molecule has 4 rings (SSSR count). The van der Waals surface area contributed by atoms with E-state index in [-0.39, 0.29) is 30.2 Å². The molecule has 1 aromatic carbocycles. The molecule has 3 amide bonds. The summed E-state index contributed by atoms with van der Waals surface area (Å²) in [7, 11) is 1.72. The first-order chi connectivity index (χ1) is 16.0. The summed E-state index contributed by atoms with van der Waals surface area (Å²) in [5, 5.41) is 5.30. The Labute approximate surface area is 198 Å². The molecule has 1 unspecified atom stereocenters. The number of imide groups is 1. The molecular formula is C24H33N5O5. The highest BCUT2D eigenvalue weighted by atomic mass is 16.6. The summed E-state index contributed by atoms with van der Waals surface area (Å²) >= 11 is 0. The maximum absolute atomic E-state index is 13.1. The van der Waals surface area contributed by atoms with Crippen LogP contribution < -0.4 is 16.3 Å². The Morgan fingerprint density at radius 1 is 1.15 bits per heavy atom. The van der Waals surface area contributed by atoms with Crippen molar-refractivity contribution in [2.24, 2.45) is 7.05 Å². The monoisotopic (exact) mass is 471 g/mol. The minimum absolute atomic E-state index is 0.0693. The number of benzene rings is 1. The molecule has 10 heteroatoms. The molecule has 10 nitrogen and oxygen atoms in total. The Morgan fingerprint density at radius 3 is 2.50 bits per heavy atom. The number of ether oxygens (including phenoxy) is 1. The summed E-state index contributed by atoms with van der Waals surface area (Å²) in [5.41, 5.74) is 1.70. The van der Waals surface area contributed by atoms with Crippen molar-refractivity contribution >= 4 is 28.9 Å². The lowest BCUT2D eigenvalue weighted by Gasteiger charge is -2.33. The van der Waals surface area contributed by atoms with Crippen LogP contribution in [0.4, 0.5) is 4.79 Å². The van der Waals surface area contributed by atoms with Gasteiger partial charge in [-0.1, -0.05) is 12.1 Å². The van der Waals surface area contributed by atoms with Crippen molar-refractivity contribution in [3.63, 3.8) is 0 Å². The number of nitrogens with one attached hydrogen (secondary N) is 2. The molecule has 1 atom stereocenters. The first-order valence-electron chi connectivity index (χ1n) is 11.8. The minimum Gasteiger partial charge on any atom is -0.444 e. The van der Waals surface area contributed by atoms with Gasteiger partial charge in [0.2, 0.25) is 11.8 Å². The van der Waals surface area contributed by atoms with Crippen LogP contribution in [-0.4, -0.2) is 56.7 Å². The molecule has 34 heavy (non-hydrogen) atoms. The van der Waals surface area contributed by atoms with Crippen molar-refractivity contribution in [3.05, 3.63) is 34.2 Å². The van der Waals surface area contributed by atoms with Crippen molar-refractivity contribution in [1.82, 2.24) is 24.7 Å². The average Bonchev–Trinajstić information content (AvgIpc) is 2.99. The van der Waals surface area contributed by atoms with E-state index in [2.05, 4.69) is 15.5 Å². The summed E-state index contributed by atoms with van der Waals surface area (Å²) in [4.78, 5) is 51.5. The van der Waals surface area contributed by atoms with Crippen molar-refractivity contribution in [2.45, 2.75) is 70.7 Å². The molecule has 2 saturated heterocycles. The van der Waals surface area contributed by atoms with Crippen LogP contribution in [0, 0.1) is 0 Å². The van der Waals surface area contributed by atoms with E-state index >= 15 is 0 Å². The Balaban J connectivity index is 1.48. The van der Waals surface area contributed by atoms with Gasteiger partial charge in [-0.2, -0.15) is 0 Å². The molecule has 0 saturated carbocycles. The van der Waals surface area contributed by atoms with Crippen LogP contribution in [0.3, 0.4) is 0 Å². The van der Waals surface area contributed by atoms with Crippen LogP contribution in [-0.2, 0) is 27.9 Å². The van der Waals surface area contributed by atoms with Crippen molar-refractivity contribution in [3.8, 4) is 0 Å². The molecule has 0 bridgehead atoms. The Kier molecular flexibility index (Phi) is 6.53. The van der Waals surface area contributed by atoms with E-state index < -0.39 is 17.6 Å². The number of aromatic nitrogens is 2. The SMILES string of the molecule is Cn1c(=O)n(C2CCC(=O)NC2=O)c2cccc(CN3CCC(NC(=O)OC(C)(C)C)CC3)c21. The predicted molar refractivity (Wildman–Crippen MR) is 126 cm³/mol. The third kappa shape index (κ3) is 5.01. The molecule has 2 fully saturated rings. The molecule has 2 N–H and O–H groups in total. The lowest BCUT2D eigenvalue weighted by molar-refractivity contribution is -0.135. The lowest BCUT2D eigenvalue weighted by atomic mass is 10.0. The van der Waals surface area contributed by atoms with Gasteiger partial charge in [0.05, 0.1) is 11.0 Å². The van der Waals surface area contributed by atoms with Gasteiger partial charge in [0.15, 0.2) is 0 Å². The molecule has 0 spiro atoms. The third-order valence-corrected chi connectivity index (χ3v) is 6.41. The maximum Gasteiger partial charge on any atom is 0.407 e. The van der Waals surface area contributed by atoms with Crippen LogP contribution in [0.5, 0.6) is 0 Å². The van der Waals surface area contributed by atoms with Gasteiger partial charge in [-0.05, 0) is 51.7 Å². The summed E-state index contributed by atoms with van der Waals surface area (Å²) in [6.07, 6.45) is 1.76. The first-order valence-corrected chi connectivity index (χ1v) is 11.8. The van der Waals surface area contributed by atoms with Gasteiger partial charge in [-0.3, -0.25) is 28.9 Å². The molecular weight excluding hydrogens is 438 g/mol. The summed E-state index contributed by atoms with van der Waals surface area (Å²) in [6.45, 7) is 7.80. The standard InChI is InChI=1S/C24H33N5O5/c1-24(2,3)34-22(32)25-16-10-12-28(13-11-16)14-15-6-5-7-17-20(15)27(4)23(33)29(17)18-8-9-19(30)26-21(18)31/h5-7,16,18H,8-14H2,1-4H3,(H,25,32)(H,26,30,31). The molecule has 1 aromatic heterocycles. The third-order valence-electron chi connectivity index (χ3n) is 6.41. The lowest BCUT2D eigenvalue weighted by Crippen LogP contribution is -2.45. The van der Waals surface area contributed by atoms with Gasteiger partial charge in [0.25, 0.3) is 0 Å². The number of nitrogens with zero attached hydrogens (tertiary/aromatic N) is 3. The predicted octanol–water partition coefficient (Wildman–Crippen LogP) is 1.81. The van der Waals surface area contributed by atoms with E-state index in [9.17, 15) is 19.2 Å². The Hall–Kier alpha value is -3.14. The number of imidazole rings is 1. The van der Waals surface area contributed by atoms with Gasteiger partial charge in [0, 0.05) is 39.1 Å². The second kappa shape index (κ2) is 9.25. The molecule has 2 aliphatic rings. The first kappa shape index (κ1) is 24.0. The smallest absolute Gasteiger partial charge is 0.407 e. The molecule has 2 aliphatic heterocycles. The highest BCUT2D eigenvalue weighted by Crippen LogP contribution is 2.26. The zero-order chi connectivity index (χ0) is 24.6. The molecule has 0 radical (unpaired) electrons. The van der Waals surface area contributed by atoms with Gasteiger partial charge >= 0.3 is 11.8 Å². The van der Waals surface area contributed by atoms with Crippen LogP contribution in [0.2, 0.25) is 0 Å². The van der Waals surface area contributed by atoms with Gasteiger partial charge in [-0.25, -0.2) is 9.59 Å². The summed E-state index contributed by atoms with van der Waals surface area (Å²) in [5.74, 6) is -0.740. The highest BCUT2D eigenvalue weighted by Gasteiger charge is 2.32. The second-order valence-electron chi connectivity index (χ2n) is 10.2. The van der Waals surface area contributed by atoms with E-state index in [1.54, 1.807) is 11.6 Å². The zero-order valence-electron chi connectivity index (χ0n) is 20.2. The van der Waals surface area contributed by atoms with Crippen LogP contribution in [0.1, 0.15) is 58.1 Å². The number of fused-ring (bicyclic) bond motifs is 1. The number of alkyl carbamates (subject to hydrolysis) is 1. The topological polar surface area (TPSA) is 115 Å². The van der Waals surface area contributed by atoms with Crippen molar-refractivity contribution in [2.75, 3.05) is 13.1 Å². The maximum atomic E-state index is 13.1. The molecule has 0 aliphatic carbocycles. The fourth-order valence-electron chi connectivity index (χ4n) is 4.83. The Bertz CT molecular complexity index is 1170. The molecule has 2 aromatic rings. The minimum atomic E-state index is -0.696. The summed E-state index contributed by atoms with van der Waals surface area (Å²) < 4.78 is 8.46. The van der Waals surface area contributed by atoms with Crippen molar-refractivity contribution < 1.29 is 19.1 Å². The van der Waals surface area contributed by atoms with E-state index in [1.807, 2.05) is 39.0 Å². The number of carbonyl (C=O) groups excluding carboxylic acids is 3. The van der Waals surface area contributed by atoms with E-state index in [0.717, 1.165) is 37.0 Å². The van der Waals surface area contributed by atoms with Crippen LogP contribution in [0.25, 0.3) is 11.0 Å². The van der Waals surface area contributed by atoms with Gasteiger partial charge in [-0.15, -0.1) is 0 Å². The number of hydrogen-bond acceptors (Lipinski definition) is 6. The zero-order valence-corrected chi connectivity index (χ0v) is 20.2. The van der Waals surface area contributed by atoms with Gasteiger partial charge in [0.1, 0.15) is 11.6 Å². The number of hydrogen-bond donors (Lipinski definition) is 2. The fourth-order valence-corrected chi connectivity index (χ4v) is 4.83. The largest absolute Gasteiger partial charge is 0.444 e.